The van der Waals surface area contributed by atoms with Crippen LogP contribution in [-0.4, -0.2) is 18.3 Å². The zero-order valence-electron chi connectivity index (χ0n) is 16.4. The minimum Gasteiger partial charge on any atom is -0.497 e. The van der Waals surface area contributed by atoms with Crippen molar-refractivity contribution >= 4 is 50.9 Å². The summed E-state index contributed by atoms with van der Waals surface area (Å²) in [6.07, 6.45) is 5.84. The van der Waals surface area contributed by atoms with Gasteiger partial charge in [0.05, 0.1) is 30.2 Å². The lowest BCUT2D eigenvalue weighted by molar-refractivity contribution is 0.415. The van der Waals surface area contributed by atoms with Gasteiger partial charge in [-0.05, 0) is 53.6 Å². The smallest absolute Gasteiger partial charge is 0.119 e. The second-order valence-corrected chi connectivity index (χ2v) is 7.56. The van der Waals surface area contributed by atoms with Crippen molar-refractivity contribution in [3.8, 4) is 5.75 Å². The minimum absolute atomic E-state index is 0.775. The molecule has 0 unspecified atom stereocenters. The molecule has 4 rings (SSSR count). The topological polar surface area (TPSA) is 46.5 Å². The van der Waals surface area contributed by atoms with E-state index >= 15 is 0 Å². The Morgan fingerprint density at radius 1 is 0.900 bits per heavy atom. The Hall–Kier alpha value is -3.44. The van der Waals surface area contributed by atoms with Crippen LogP contribution in [0.2, 0.25) is 0 Å². The van der Waals surface area contributed by atoms with Gasteiger partial charge < -0.3 is 4.74 Å². The first kappa shape index (κ1) is 19.9. The van der Waals surface area contributed by atoms with Gasteiger partial charge in [0.25, 0.3) is 0 Å². The molecule has 0 fully saturated rings. The second-order valence-electron chi connectivity index (χ2n) is 6.64. The molecule has 0 aliphatic heterocycles. The molecule has 1 N–H and O–H groups in total. The molecule has 5 heteroatoms. The number of aromatic nitrogens is 1. The van der Waals surface area contributed by atoms with Gasteiger partial charge in [0, 0.05) is 9.86 Å². The number of ether oxygens (including phenoxy) is 1. The van der Waals surface area contributed by atoms with Gasteiger partial charge in [-0.15, -0.1) is 0 Å². The lowest BCUT2D eigenvalue weighted by Gasteiger charge is -2.09. The summed E-state index contributed by atoms with van der Waals surface area (Å²) in [5.41, 5.74) is 7.87. The number of methoxy groups -OCH3 is 1. The maximum atomic E-state index is 5.39. The summed E-state index contributed by atoms with van der Waals surface area (Å²) in [6, 6.07) is 25.9. The third-order valence-electron chi connectivity index (χ3n) is 4.55. The van der Waals surface area contributed by atoms with Crippen LogP contribution >= 0.6 is 15.9 Å². The minimum atomic E-state index is 0.775. The van der Waals surface area contributed by atoms with Crippen molar-refractivity contribution in [2.24, 2.45) is 5.10 Å². The fourth-order valence-corrected chi connectivity index (χ4v) is 3.27. The number of pyridine rings is 1. The summed E-state index contributed by atoms with van der Waals surface area (Å²) in [6.45, 7) is 0. The predicted molar refractivity (Wildman–Crippen MR) is 129 cm³/mol. The van der Waals surface area contributed by atoms with Gasteiger partial charge in [-0.2, -0.15) is 5.10 Å². The quantitative estimate of drug-likeness (QED) is 0.261. The lowest BCUT2D eigenvalue weighted by atomic mass is 10.1. The molecule has 0 atom stereocenters. The number of hydrogen-bond acceptors (Lipinski definition) is 4. The molecule has 4 aromatic rings. The van der Waals surface area contributed by atoms with E-state index in [0.717, 1.165) is 43.6 Å². The molecule has 0 spiro atoms. The zero-order chi connectivity index (χ0) is 20.8. The van der Waals surface area contributed by atoms with Crippen LogP contribution in [0.1, 0.15) is 16.8 Å². The Kier molecular flexibility index (Phi) is 6.20. The van der Waals surface area contributed by atoms with Crippen molar-refractivity contribution in [1.29, 1.82) is 0 Å². The average molecular weight is 458 g/mol. The van der Waals surface area contributed by atoms with Gasteiger partial charge in [0.1, 0.15) is 5.75 Å². The summed E-state index contributed by atoms with van der Waals surface area (Å²) in [7, 11) is 1.66. The fourth-order valence-electron chi connectivity index (χ4n) is 3.00. The number of hydrogen-bond donors (Lipinski definition) is 1. The first-order chi connectivity index (χ1) is 14.7. The van der Waals surface area contributed by atoms with Crippen LogP contribution in [0.5, 0.6) is 5.75 Å². The number of rotatable bonds is 6. The zero-order valence-corrected chi connectivity index (χ0v) is 18.0. The third kappa shape index (κ3) is 4.93. The Bertz CT molecular complexity index is 1200. The van der Waals surface area contributed by atoms with Crippen LogP contribution in [0.25, 0.3) is 23.1 Å². The first-order valence-electron chi connectivity index (χ1n) is 9.48. The summed E-state index contributed by atoms with van der Waals surface area (Å²) in [5, 5.41) is 5.37. The molecule has 30 heavy (non-hydrogen) atoms. The molecule has 3 aromatic carbocycles. The van der Waals surface area contributed by atoms with Gasteiger partial charge in [-0.1, -0.05) is 64.5 Å². The number of hydrazone groups is 1. The molecule has 4 nitrogen and oxygen atoms in total. The van der Waals surface area contributed by atoms with E-state index in [1.807, 2.05) is 78.9 Å². The number of nitrogens with one attached hydrogen (secondary N) is 1. The molecule has 1 aromatic heterocycles. The van der Waals surface area contributed by atoms with E-state index in [0.29, 0.717) is 0 Å². The van der Waals surface area contributed by atoms with Crippen LogP contribution in [0.3, 0.4) is 0 Å². The summed E-state index contributed by atoms with van der Waals surface area (Å²) < 4.78 is 6.42. The molecule has 0 aliphatic carbocycles. The largest absolute Gasteiger partial charge is 0.497 e. The van der Waals surface area contributed by atoms with Crippen molar-refractivity contribution in [2.45, 2.75) is 0 Å². The van der Waals surface area contributed by atoms with Gasteiger partial charge in [-0.25, -0.2) is 4.98 Å². The maximum Gasteiger partial charge on any atom is 0.119 e. The van der Waals surface area contributed by atoms with Crippen LogP contribution in [-0.2, 0) is 0 Å². The van der Waals surface area contributed by atoms with Crippen molar-refractivity contribution < 1.29 is 4.74 Å². The van der Waals surface area contributed by atoms with Gasteiger partial charge in [-0.3, -0.25) is 5.43 Å². The Balaban J connectivity index is 1.67. The molecule has 0 radical (unpaired) electrons. The number of fused-ring (bicyclic) bond motifs is 1. The highest BCUT2D eigenvalue weighted by atomic mass is 79.9. The standard InChI is InChI=1S/C25H20BrN3O/c1-30-22-13-14-24-23(16-22)25(29-27-17-19-7-10-20(26)11-8-19)15-21(28-24)12-9-18-5-3-2-4-6-18/h2-17H,1H3,(H,28,29)/b12-9+,27-17+. The lowest BCUT2D eigenvalue weighted by Crippen LogP contribution is -1.95. The highest BCUT2D eigenvalue weighted by Gasteiger charge is 2.06. The van der Waals surface area contributed by atoms with Gasteiger partial charge >= 0.3 is 0 Å². The summed E-state index contributed by atoms with van der Waals surface area (Å²) in [5.74, 6) is 0.775. The van der Waals surface area contributed by atoms with Crippen molar-refractivity contribution in [2.75, 3.05) is 12.5 Å². The molecular weight excluding hydrogens is 438 g/mol. The Morgan fingerprint density at radius 2 is 1.70 bits per heavy atom. The van der Waals surface area contributed by atoms with E-state index in [1.165, 1.54) is 0 Å². The van der Waals surface area contributed by atoms with Gasteiger partial charge in [0.15, 0.2) is 0 Å². The van der Waals surface area contributed by atoms with E-state index in [1.54, 1.807) is 13.3 Å². The van der Waals surface area contributed by atoms with Crippen molar-refractivity contribution in [3.63, 3.8) is 0 Å². The van der Waals surface area contributed by atoms with E-state index in [4.69, 9.17) is 9.72 Å². The van der Waals surface area contributed by atoms with E-state index < -0.39 is 0 Å². The van der Waals surface area contributed by atoms with Crippen molar-refractivity contribution in [1.82, 2.24) is 4.98 Å². The number of halogens is 1. The highest BCUT2D eigenvalue weighted by molar-refractivity contribution is 9.10. The van der Waals surface area contributed by atoms with Crippen LogP contribution < -0.4 is 10.2 Å². The van der Waals surface area contributed by atoms with E-state index in [-0.39, 0.29) is 0 Å². The van der Waals surface area contributed by atoms with Gasteiger partial charge in [0.2, 0.25) is 0 Å². The number of nitrogens with zero attached hydrogens (tertiary/aromatic N) is 2. The maximum absolute atomic E-state index is 5.39. The molecule has 0 saturated heterocycles. The Labute approximate surface area is 184 Å². The van der Waals surface area contributed by atoms with E-state index in [9.17, 15) is 0 Å². The normalized spacial score (nSPS) is 11.4. The molecule has 1 heterocycles. The molecular formula is C25H20BrN3O. The number of anilines is 1. The Morgan fingerprint density at radius 3 is 2.47 bits per heavy atom. The average Bonchev–Trinajstić information content (AvgIpc) is 2.79. The predicted octanol–water partition coefficient (Wildman–Crippen LogP) is 6.62. The summed E-state index contributed by atoms with van der Waals surface area (Å²) >= 11 is 3.45. The van der Waals surface area contributed by atoms with Crippen LogP contribution in [0, 0.1) is 0 Å². The van der Waals surface area contributed by atoms with Crippen LogP contribution in [0.15, 0.2) is 88.4 Å². The third-order valence-corrected chi connectivity index (χ3v) is 5.08. The SMILES string of the molecule is COc1ccc2nc(/C=C/c3ccccc3)cc(N/N=C/c3ccc(Br)cc3)c2c1. The second kappa shape index (κ2) is 9.37. The van der Waals surface area contributed by atoms with E-state index in [2.05, 4.69) is 38.6 Å². The molecule has 0 amide bonds. The fraction of sp³-hybridized carbons (Fsp3) is 0.0400. The van der Waals surface area contributed by atoms with Crippen molar-refractivity contribution in [3.05, 3.63) is 100 Å². The number of benzene rings is 3. The molecule has 148 valence electrons. The molecule has 0 saturated carbocycles. The first-order valence-corrected chi connectivity index (χ1v) is 10.3. The molecule has 0 aliphatic rings. The van der Waals surface area contributed by atoms with Crippen LogP contribution in [0.4, 0.5) is 5.69 Å². The molecule has 0 bridgehead atoms. The highest BCUT2D eigenvalue weighted by Crippen LogP contribution is 2.28. The monoisotopic (exact) mass is 457 g/mol. The summed E-state index contributed by atoms with van der Waals surface area (Å²) in [4.78, 5) is 4.76.